The summed E-state index contributed by atoms with van der Waals surface area (Å²) < 4.78 is 5.34. The standard InChI is InChI=1S/C22H32N4O3.HI/c1-2-23-22(25-10-6-15-7-12-29-13-8-15)24-9-3-11-26-20(27)18-16-4-5-17(14-16)19(18)21(26)28;/h4-5,7,16-19H,2-3,6,8-14H2,1H3,(H2,23,24,25);1H. The highest BCUT2D eigenvalue weighted by Gasteiger charge is 2.58. The summed E-state index contributed by atoms with van der Waals surface area (Å²) in [5.41, 5.74) is 1.43. The molecule has 7 nitrogen and oxygen atoms in total. The van der Waals surface area contributed by atoms with Gasteiger partial charge in [-0.1, -0.05) is 23.8 Å². The van der Waals surface area contributed by atoms with Crippen LogP contribution < -0.4 is 10.6 Å². The van der Waals surface area contributed by atoms with Crippen molar-refractivity contribution in [3.8, 4) is 0 Å². The molecule has 4 atom stereocenters. The molecular weight excluding hydrogens is 495 g/mol. The van der Waals surface area contributed by atoms with Gasteiger partial charge < -0.3 is 15.4 Å². The Kier molecular flexibility index (Phi) is 8.33. The van der Waals surface area contributed by atoms with Gasteiger partial charge in [-0.25, -0.2) is 0 Å². The van der Waals surface area contributed by atoms with E-state index in [0.717, 1.165) is 51.5 Å². The van der Waals surface area contributed by atoms with Crippen LogP contribution in [0, 0.1) is 23.7 Å². The minimum atomic E-state index is -0.0977. The molecule has 2 fully saturated rings. The van der Waals surface area contributed by atoms with E-state index in [1.54, 1.807) is 0 Å². The van der Waals surface area contributed by atoms with Gasteiger partial charge in [0.2, 0.25) is 11.8 Å². The molecule has 1 saturated carbocycles. The van der Waals surface area contributed by atoms with Crippen molar-refractivity contribution in [1.29, 1.82) is 0 Å². The number of guanidine groups is 1. The van der Waals surface area contributed by atoms with Crippen LogP contribution >= 0.6 is 24.0 Å². The summed E-state index contributed by atoms with van der Waals surface area (Å²) in [5.74, 6) is 1.23. The summed E-state index contributed by atoms with van der Waals surface area (Å²) in [6, 6.07) is 0. The van der Waals surface area contributed by atoms with Gasteiger partial charge in [0, 0.05) is 26.2 Å². The number of allylic oxidation sites excluding steroid dienone is 2. The van der Waals surface area contributed by atoms with Gasteiger partial charge >= 0.3 is 0 Å². The number of amides is 2. The quantitative estimate of drug-likeness (QED) is 0.126. The number of aliphatic imine (C=N–C) groups is 1. The summed E-state index contributed by atoms with van der Waals surface area (Å²) >= 11 is 0. The lowest BCUT2D eigenvalue weighted by Crippen LogP contribution is -2.38. The molecule has 0 aromatic rings. The Morgan fingerprint density at radius 2 is 1.93 bits per heavy atom. The molecule has 30 heavy (non-hydrogen) atoms. The molecule has 4 unspecified atom stereocenters. The Labute approximate surface area is 195 Å². The maximum absolute atomic E-state index is 12.7. The van der Waals surface area contributed by atoms with E-state index in [-0.39, 0.29) is 59.5 Å². The molecule has 0 radical (unpaired) electrons. The largest absolute Gasteiger partial charge is 0.377 e. The number of fused-ring (bicyclic) bond motifs is 5. The fourth-order valence-corrected chi connectivity index (χ4v) is 5.08. The SMILES string of the molecule is CCNC(=NCCCN1C(=O)C2C3C=CC(C3)C2C1=O)NCCC1=CCOCC1.I. The minimum absolute atomic E-state index is 0. The smallest absolute Gasteiger partial charge is 0.233 e. The summed E-state index contributed by atoms with van der Waals surface area (Å²) in [7, 11) is 0. The van der Waals surface area contributed by atoms with Crippen molar-refractivity contribution in [3.63, 3.8) is 0 Å². The van der Waals surface area contributed by atoms with E-state index in [1.165, 1.54) is 10.5 Å². The van der Waals surface area contributed by atoms with Crippen LogP contribution in [-0.4, -0.2) is 62.1 Å². The number of likely N-dealkylation sites (tertiary alicyclic amines) is 1. The van der Waals surface area contributed by atoms with Crippen LogP contribution in [0.5, 0.6) is 0 Å². The zero-order valence-electron chi connectivity index (χ0n) is 17.6. The average molecular weight is 528 g/mol. The summed E-state index contributed by atoms with van der Waals surface area (Å²) in [6.45, 7) is 6.26. The van der Waals surface area contributed by atoms with Gasteiger partial charge in [-0.3, -0.25) is 19.5 Å². The molecule has 166 valence electrons. The molecule has 2 amide bonds. The lowest BCUT2D eigenvalue weighted by Gasteiger charge is -2.17. The third-order valence-electron chi connectivity index (χ3n) is 6.51. The van der Waals surface area contributed by atoms with Gasteiger partial charge in [0.1, 0.15) is 0 Å². The maximum atomic E-state index is 12.7. The average Bonchev–Trinajstić information content (AvgIpc) is 3.41. The van der Waals surface area contributed by atoms with E-state index >= 15 is 0 Å². The van der Waals surface area contributed by atoms with Gasteiger partial charge in [-0.2, -0.15) is 0 Å². The van der Waals surface area contributed by atoms with Crippen molar-refractivity contribution in [2.45, 2.75) is 32.6 Å². The van der Waals surface area contributed by atoms with Crippen molar-refractivity contribution in [2.75, 3.05) is 39.4 Å². The Balaban J connectivity index is 0.00000256. The first-order valence-corrected chi connectivity index (χ1v) is 11.0. The number of carbonyl (C=O) groups is 2. The molecule has 2 N–H and O–H groups in total. The first kappa shape index (κ1) is 23.2. The van der Waals surface area contributed by atoms with Crippen LogP contribution in [0.1, 0.15) is 32.6 Å². The lowest BCUT2D eigenvalue weighted by atomic mass is 9.85. The van der Waals surface area contributed by atoms with Crippen LogP contribution in [0.15, 0.2) is 28.8 Å². The summed E-state index contributed by atoms with van der Waals surface area (Å²) in [6.07, 6.45) is 10.1. The van der Waals surface area contributed by atoms with Gasteiger partial charge in [0.05, 0.1) is 25.0 Å². The molecule has 0 spiro atoms. The number of nitrogens with one attached hydrogen (secondary N) is 2. The fraction of sp³-hybridized carbons (Fsp3) is 0.682. The lowest BCUT2D eigenvalue weighted by molar-refractivity contribution is -0.140. The second-order valence-corrected chi connectivity index (χ2v) is 8.31. The third kappa shape index (κ3) is 4.90. The van der Waals surface area contributed by atoms with Gasteiger partial charge in [-0.05, 0) is 44.4 Å². The minimum Gasteiger partial charge on any atom is -0.377 e. The number of carbonyl (C=O) groups excluding carboxylic acids is 2. The van der Waals surface area contributed by atoms with E-state index in [2.05, 4.69) is 33.9 Å². The number of hydrogen-bond acceptors (Lipinski definition) is 4. The molecule has 0 aromatic heterocycles. The summed E-state index contributed by atoms with van der Waals surface area (Å²) in [4.78, 5) is 31.5. The van der Waals surface area contributed by atoms with Crippen molar-refractivity contribution < 1.29 is 14.3 Å². The van der Waals surface area contributed by atoms with E-state index in [4.69, 9.17) is 4.74 Å². The molecule has 2 bridgehead atoms. The Morgan fingerprint density at radius 1 is 1.20 bits per heavy atom. The molecule has 2 aliphatic carbocycles. The molecule has 0 aromatic carbocycles. The first-order valence-electron chi connectivity index (χ1n) is 11.0. The number of halogens is 1. The zero-order chi connectivity index (χ0) is 20.2. The molecule has 2 aliphatic heterocycles. The second kappa shape index (κ2) is 10.7. The third-order valence-corrected chi connectivity index (χ3v) is 6.51. The predicted octanol–water partition coefficient (Wildman–Crippen LogP) is 2.09. The topological polar surface area (TPSA) is 83.0 Å². The van der Waals surface area contributed by atoms with Crippen molar-refractivity contribution >= 4 is 41.8 Å². The normalized spacial score (nSPS) is 29.7. The van der Waals surface area contributed by atoms with Crippen LogP contribution in [0.4, 0.5) is 0 Å². The van der Waals surface area contributed by atoms with E-state index < -0.39 is 0 Å². The molecule has 2 heterocycles. The second-order valence-electron chi connectivity index (χ2n) is 8.31. The van der Waals surface area contributed by atoms with E-state index in [1.807, 2.05) is 6.92 Å². The maximum Gasteiger partial charge on any atom is 0.233 e. The predicted molar refractivity (Wildman–Crippen MR) is 127 cm³/mol. The summed E-state index contributed by atoms with van der Waals surface area (Å²) in [5, 5.41) is 6.63. The molecule has 4 aliphatic rings. The van der Waals surface area contributed by atoms with Crippen LogP contribution in [0.25, 0.3) is 0 Å². The number of nitrogens with zero attached hydrogens (tertiary/aromatic N) is 2. The molecule has 1 saturated heterocycles. The van der Waals surface area contributed by atoms with E-state index in [9.17, 15) is 9.59 Å². The number of imide groups is 1. The van der Waals surface area contributed by atoms with Crippen LogP contribution in [-0.2, 0) is 14.3 Å². The molecule has 8 heteroatoms. The van der Waals surface area contributed by atoms with Crippen molar-refractivity contribution in [3.05, 3.63) is 23.8 Å². The van der Waals surface area contributed by atoms with Gasteiger partial charge in [0.15, 0.2) is 5.96 Å². The fourth-order valence-electron chi connectivity index (χ4n) is 5.08. The monoisotopic (exact) mass is 528 g/mol. The van der Waals surface area contributed by atoms with Crippen molar-refractivity contribution in [2.24, 2.45) is 28.7 Å². The highest BCUT2D eigenvalue weighted by molar-refractivity contribution is 14.0. The Hall–Kier alpha value is -1.42. The van der Waals surface area contributed by atoms with Crippen molar-refractivity contribution in [1.82, 2.24) is 15.5 Å². The van der Waals surface area contributed by atoms with Gasteiger partial charge in [0.25, 0.3) is 0 Å². The number of rotatable bonds is 8. The Bertz CT molecular complexity index is 706. The van der Waals surface area contributed by atoms with Crippen LogP contribution in [0.2, 0.25) is 0 Å². The number of ether oxygens (including phenoxy) is 1. The molecule has 4 rings (SSSR count). The zero-order valence-corrected chi connectivity index (χ0v) is 20.0. The highest BCUT2D eigenvalue weighted by Crippen LogP contribution is 2.52. The van der Waals surface area contributed by atoms with E-state index in [0.29, 0.717) is 19.5 Å². The number of hydrogen-bond donors (Lipinski definition) is 2. The first-order chi connectivity index (χ1) is 14.2. The Morgan fingerprint density at radius 3 is 2.57 bits per heavy atom. The molecular formula is C22H33IN4O3. The van der Waals surface area contributed by atoms with Gasteiger partial charge in [-0.15, -0.1) is 24.0 Å². The van der Waals surface area contributed by atoms with Crippen LogP contribution in [0.3, 0.4) is 0 Å². The highest BCUT2D eigenvalue weighted by atomic mass is 127.